The summed E-state index contributed by atoms with van der Waals surface area (Å²) in [5.74, 6) is -0.615. The summed E-state index contributed by atoms with van der Waals surface area (Å²) in [6.07, 6.45) is -0.111. The van der Waals surface area contributed by atoms with Gasteiger partial charge in [-0.25, -0.2) is 0 Å². The average Bonchev–Trinajstić information content (AvgIpc) is 2.93. The Morgan fingerprint density at radius 1 is 1.20 bits per heavy atom. The molecule has 5 heteroatoms. The maximum atomic E-state index is 12.9. The predicted molar refractivity (Wildman–Crippen MR) is 92.9 cm³/mol. The van der Waals surface area contributed by atoms with E-state index in [1.807, 2.05) is 60.7 Å². The molecule has 1 aliphatic heterocycles. The molecular formula is C20H19N3O2. The molecule has 3 rings (SSSR count). The highest BCUT2D eigenvalue weighted by Crippen LogP contribution is 2.47. The topological polar surface area (TPSA) is 73.2 Å². The van der Waals surface area contributed by atoms with Gasteiger partial charge in [0.2, 0.25) is 11.8 Å². The largest absolute Gasteiger partial charge is 0.351 e. The van der Waals surface area contributed by atoms with Gasteiger partial charge in [-0.2, -0.15) is 5.26 Å². The molecular weight excluding hydrogens is 314 g/mol. The van der Waals surface area contributed by atoms with Crippen LogP contribution in [-0.2, 0) is 16.1 Å². The smallest absolute Gasteiger partial charge is 0.243 e. The molecule has 2 amide bonds. The van der Waals surface area contributed by atoms with Crippen LogP contribution in [0.3, 0.4) is 0 Å². The minimum Gasteiger partial charge on any atom is -0.351 e. The van der Waals surface area contributed by atoms with Crippen molar-refractivity contribution in [3.63, 3.8) is 0 Å². The van der Waals surface area contributed by atoms with Crippen molar-refractivity contribution < 1.29 is 9.59 Å². The van der Waals surface area contributed by atoms with E-state index < -0.39 is 17.4 Å². The van der Waals surface area contributed by atoms with Gasteiger partial charge in [0.25, 0.3) is 0 Å². The summed E-state index contributed by atoms with van der Waals surface area (Å²) in [6.45, 7) is 0.322. The number of hydrogen-bond donors (Lipinski definition) is 1. The lowest BCUT2D eigenvalue weighted by molar-refractivity contribution is -0.130. The first kappa shape index (κ1) is 16.7. The molecule has 1 N–H and O–H groups in total. The molecule has 1 heterocycles. The zero-order valence-electron chi connectivity index (χ0n) is 14.0. The van der Waals surface area contributed by atoms with Crippen LogP contribution in [0.25, 0.3) is 0 Å². The van der Waals surface area contributed by atoms with Crippen LogP contribution >= 0.6 is 0 Å². The summed E-state index contributed by atoms with van der Waals surface area (Å²) in [6, 6.07) is 20.3. The summed E-state index contributed by atoms with van der Waals surface area (Å²) >= 11 is 0. The van der Waals surface area contributed by atoms with Crippen LogP contribution in [0.15, 0.2) is 60.7 Å². The fraction of sp³-hybridized carbons (Fsp3) is 0.250. The number of benzene rings is 2. The fourth-order valence-electron chi connectivity index (χ4n) is 3.37. The molecule has 2 aromatic rings. The number of nitrogens with zero attached hydrogens (tertiary/aromatic N) is 2. The third-order valence-electron chi connectivity index (χ3n) is 4.69. The number of nitriles is 1. The SMILES string of the molecule is CN1C(=O)C[C@@](C#N)(C(=O)NCc2ccccc2)[C@H]1c1ccccc1. The molecule has 0 saturated carbocycles. The lowest BCUT2D eigenvalue weighted by atomic mass is 9.77. The van der Waals surface area contributed by atoms with E-state index in [1.165, 1.54) is 4.90 Å². The average molecular weight is 333 g/mol. The normalized spacial score (nSPS) is 22.5. The van der Waals surface area contributed by atoms with Gasteiger partial charge in [-0.1, -0.05) is 60.7 Å². The van der Waals surface area contributed by atoms with E-state index in [9.17, 15) is 14.9 Å². The minimum atomic E-state index is -1.43. The number of nitrogens with one attached hydrogen (secondary N) is 1. The van der Waals surface area contributed by atoms with Crippen LogP contribution in [-0.4, -0.2) is 23.8 Å². The monoisotopic (exact) mass is 333 g/mol. The van der Waals surface area contributed by atoms with Crippen LogP contribution in [0, 0.1) is 16.7 Å². The van der Waals surface area contributed by atoms with Crippen LogP contribution in [0.1, 0.15) is 23.6 Å². The first-order chi connectivity index (χ1) is 12.1. The standard InChI is InChI=1S/C20H19N3O2/c1-23-17(24)12-20(14-21,18(23)16-10-6-3-7-11-16)19(25)22-13-15-8-4-2-5-9-15/h2-11,18H,12-13H2,1H3,(H,22,25)/t18-,20+/m1/s1. The first-order valence-corrected chi connectivity index (χ1v) is 8.12. The molecule has 126 valence electrons. The Kier molecular flexibility index (Phi) is 4.53. The Morgan fingerprint density at radius 3 is 2.40 bits per heavy atom. The van der Waals surface area contributed by atoms with Crippen LogP contribution < -0.4 is 5.32 Å². The number of likely N-dealkylation sites (tertiary alicyclic amines) is 1. The summed E-state index contributed by atoms with van der Waals surface area (Å²) in [7, 11) is 1.64. The van der Waals surface area contributed by atoms with Gasteiger partial charge in [-0.3, -0.25) is 9.59 Å². The van der Waals surface area contributed by atoms with Crippen molar-refractivity contribution in [1.82, 2.24) is 10.2 Å². The molecule has 0 aliphatic carbocycles. The number of carbonyl (C=O) groups is 2. The Labute approximate surface area is 146 Å². The van der Waals surface area contributed by atoms with Crippen LogP contribution in [0.5, 0.6) is 0 Å². The highest BCUT2D eigenvalue weighted by molar-refractivity contribution is 5.95. The third-order valence-corrected chi connectivity index (χ3v) is 4.69. The van der Waals surface area contributed by atoms with Gasteiger partial charge in [0, 0.05) is 13.6 Å². The highest BCUT2D eigenvalue weighted by Gasteiger charge is 2.56. The Morgan fingerprint density at radius 2 is 1.80 bits per heavy atom. The van der Waals surface area contributed by atoms with Crippen molar-refractivity contribution in [1.29, 1.82) is 5.26 Å². The highest BCUT2D eigenvalue weighted by atomic mass is 16.2. The molecule has 1 aliphatic rings. The van der Waals surface area contributed by atoms with Crippen molar-refractivity contribution in [3.05, 3.63) is 71.8 Å². The molecule has 0 unspecified atom stereocenters. The Bertz CT molecular complexity index is 814. The second-order valence-corrected chi connectivity index (χ2v) is 6.25. The molecule has 0 bridgehead atoms. The molecule has 5 nitrogen and oxygen atoms in total. The molecule has 0 radical (unpaired) electrons. The van der Waals surface area contributed by atoms with E-state index in [1.54, 1.807) is 7.05 Å². The van der Waals surface area contributed by atoms with Gasteiger partial charge < -0.3 is 10.2 Å². The fourth-order valence-corrected chi connectivity index (χ4v) is 3.37. The molecule has 1 fully saturated rings. The number of carbonyl (C=O) groups excluding carboxylic acids is 2. The van der Waals surface area contributed by atoms with Crippen molar-refractivity contribution >= 4 is 11.8 Å². The van der Waals surface area contributed by atoms with Gasteiger partial charge in [0.15, 0.2) is 5.41 Å². The van der Waals surface area contributed by atoms with Gasteiger partial charge >= 0.3 is 0 Å². The van der Waals surface area contributed by atoms with E-state index in [0.717, 1.165) is 11.1 Å². The summed E-state index contributed by atoms with van der Waals surface area (Å²) in [5.41, 5.74) is 0.298. The quantitative estimate of drug-likeness (QED) is 0.934. The second kappa shape index (κ2) is 6.78. The Hall–Kier alpha value is -3.13. The van der Waals surface area contributed by atoms with Crippen molar-refractivity contribution in [2.75, 3.05) is 7.05 Å². The number of rotatable bonds is 4. The lowest BCUT2D eigenvalue weighted by Gasteiger charge is -2.30. The molecule has 25 heavy (non-hydrogen) atoms. The van der Waals surface area contributed by atoms with E-state index in [4.69, 9.17) is 0 Å². The molecule has 2 atom stereocenters. The van der Waals surface area contributed by atoms with Crippen molar-refractivity contribution in [3.8, 4) is 6.07 Å². The third kappa shape index (κ3) is 2.99. The summed E-state index contributed by atoms with van der Waals surface area (Å²) < 4.78 is 0. The molecule has 2 aromatic carbocycles. The van der Waals surface area contributed by atoms with E-state index in [2.05, 4.69) is 11.4 Å². The zero-order chi connectivity index (χ0) is 17.9. The molecule has 0 spiro atoms. The van der Waals surface area contributed by atoms with Crippen molar-refractivity contribution in [2.24, 2.45) is 5.41 Å². The molecule has 1 saturated heterocycles. The lowest BCUT2D eigenvalue weighted by Crippen LogP contribution is -2.43. The maximum Gasteiger partial charge on any atom is 0.243 e. The molecule has 0 aromatic heterocycles. The number of hydrogen-bond acceptors (Lipinski definition) is 3. The minimum absolute atomic E-state index is 0.111. The van der Waals surface area contributed by atoms with Crippen LogP contribution in [0.2, 0.25) is 0 Å². The van der Waals surface area contributed by atoms with E-state index >= 15 is 0 Å². The van der Waals surface area contributed by atoms with Crippen molar-refractivity contribution in [2.45, 2.75) is 19.0 Å². The Balaban J connectivity index is 1.90. The van der Waals surface area contributed by atoms with Gasteiger partial charge in [-0.15, -0.1) is 0 Å². The van der Waals surface area contributed by atoms with E-state index in [0.29, 0.717) is 6.54 Å². The summed E-state index contributed by atoms with van der Waals surface area (Å²) in [5, 5.41) is 12.7. The second-order valence-electron chi connectivity index (χ2n) is 6.25. The number of amides is 2. The maximum absolute atomic E-state index is 12.9. The van der Waals surface area contributed by atoms with Gasteiger partial charge in [0.05, 0.1) is 18.5 Å². The first-order valence-electron chi connectivity index (χ1n) is 8.12. The van der Waals surface area contributed by atoms with Gasteiger partial charge in [0.1, 0.15) is 0 Å². The van der Waals surface area contributed by atoms with E-state index in [-0.39, 0.29) is 12.3 Å². The van der Waals surface area contributed by atoms with Crippen LogP contribution in [0.4, 0.5) is 0 Å². The predicted octanol–water partition coefficient (Wildman–Crippen LogP) is 2.42. The summed E-state index contributed by atoms with van der Waals surface area (Å²) in [4.78, 5) is 26.7. The van der Waals surface area contributed by atoms with Gasteiger partial charge in [-0.05, 0) is 11.1 Å². The zero-order valence-corrected chi connectivity index (χ0v) is 14.0.